The molecule has 2 heterocycles. The molecular formula is C23H19N3O2S. The van der Waals surface area contributed by atoms with Crippen LogP contribution in [0.5, 0.6) is 0 Å². The second kappa shape index (κ2) is 7.29. The summed E-state index contributed by atoms with van der Waals surface area (Å²) in [4.78, 5) is 16.9. The molecule has 0 saturated carbocycles. The topological polar surface area (TPSA) is 60.1 Å². The summed E-state index contributed by atoms with van der Waals surface area (Å²) in [5, 5.41) is 3.86. The number of furan rings is 1. The molecule has 5 rings (SSSR count). The van der Waals surface area contributed by atoms with Gasteiger partial charge in [-0.2, -0.15) is 0 Å². The fraction of sp³-hybridized carbons (Fsp3) is 0.130. The van der Waals surface area contributed by atoms with Crippen molar-refractivity contribution in [2.75, 3.05) is 5.32 Å². The van der Waals surface area contributed by atoms with Gasteiger partial charge >= 0.3 is 0 Å². The highest BCUT2D eigenvalue weighted by atomic mass is 32.2. The number of nitrogens with zero attached hydrogens (tertiary/aromatic N) is 2. The van der Waals surface area contributed by atoms with Crippen molar-refractivity contribution in [1.29, 1.82) is 0 Å². The molecular weight excluding hydrogens is 382 g/mol. The van der Waals surface area contributed by atoms with E-state index in [1.165, 1.54) is 22.3 Å². The number of thioether (sulfide) groups is 1. The maximum atomic E-state index is 12.6. The van der Waals surface area contributed by atoms with Crippen molar-refractivity contribution in [2.24, 2.45) is 7.05 Å². The Hall–Kier alpha value is -3.25. The molecule has 1 N–H and O–H groups in total. The second-order valence-electron chi connectivity index (χ2n) is 7.04. The zero-order chi connectivity index (χ0) is 19.8. The minimum atomic E-state index is -0.242. The SMILES string of the molecule is Cn1ccnc1SCc1ccc(C(=O)Nc2ccc3c(c2)Cc2ccccc2-3)o1. The van der Waals surface area contributed by atoms with E-state index in [1.807, 2.05) is 36.0 Å². The summed E-state index contributed by atoms with van der Waals surface area (Å²) in [6.45, 7) is 0. The highest BCUT2D eigenvalue weighted by Gasteiger charge is 2.19. The zero-order valence-electron chi connectivity index (χ0n) is 15.9. The summed E-state index contributed by atoms with van der Waals surface area (Å²) in [5.41, 5.74) is 5.86. The van der Waals surface area contributed by atoms with Crippen molar-refractivity contribution >= 4 is 23.4 Å². The van der Waals surface area contributed by atoms with E-state index < -0.39 is 0 Å². The molecule has 5 nitrogen and oxygen atoms in total. The lowest BCUT2D eigenvalue weighted by molar-refractivity contribution is 0.0995. The van der Waals surface area contributed by atoms with E-state index in [2.05, 4.69) is 40.6 Å². The summed E-state index contributed by atoms with van der Waals surface area (Å²) in [6.07, 6.45) is 4.56. The first-order valence-electron chi connectivity index (χ1n) is 9.39. The molecule has 0 spiro atoms. The molecule has 0 saturated heterocycles. The number of anilines is 1. The third kappa shape index (κ3) is 3.47. The van der Waals surface area contributed by atoms with Crippen LogP contribution >= 0.6 is 11.8 Å². The van der Waals surface area contributed by atoms with Crippen LogP contribution in [-0.4, -0.2) is 15.5 Å². The summed E-state index contributed by atoms with van der Waals surface area (Å²) >= 11 is 1.57. The number of hydrogen-bond acceptors (Lipinski definition) is 4. The fourth-order valence-corrected chi connectivity index (χ4v) is 4.45. The van der Waals surface area contributed by atoms with E-state index in [9.17, 15) is 4.79 Å². The van der Waals surface area contributed by atoms with Gasteiger partial charge in [-0.25, -0.2) is 4.98 Å². The van der Waals surface area contributed by atoms with Crippen molar-refractivity contribution in [3.8, 4) is 11.1 Å². The zero-order valence-corrected chi connectivity index (χ0v) is 16.7. The van der Waals surface area contributed by atoms with Crippen molar-refractivity contribution in [3.05, 3.63) is 89.6 Å². The minimum Gasteiger partial charge on any atom is -0.455 e. The molecule has 0 bridgehead atoms. The number of nitrogens with one attached hydrogen (secondary N) is 1. The second-order valence-corrected chi connectivity index (χ2v) is 7.98. The van der Waals surface area contributed by atoms with Gasteiger partial charge in [0.25, 0.3) is 5.91 Å². The predicted octanol–water partition coefficient (Wildman–Crippen LogP) is 5.13. The molecule has 2 aromatic carbocycles. The first-order valence-corrected chi connectivity index (χ1v) is 10.4. The van der Waals surface area contributed by atoms with Crippen LogP contribution in [-0.2, 0) is 19.2 Å². The molecule has 144 valence electrons. The maximum absolute atomic E-state index is 12.6. The number of carbonyl (C=O) groups excluding carboxylic acids is 1. The standard InChI is InChI=1S/C23H19N3O2S/c1-26-11-10-24-23(26)29-14-18-7-9-21(28-18)22(27)25-17-6-8-20-16(13-17)12-15-4-2-3-5-19(15)20/h2-11,13H,12,14H2,1H3,(H,25,27). The smallest absolute Gasteiger partial charge is 0.291 e. The Morgan fingerprint density at radius 3 is 2.86 bits per heavy atom. The van der Waals surface area contributed by atoms with Gasteiger partial charge in [0.1, 0.15) is 5.76 Å². The van der Waals surface area contributed by atoms with E-state index >= 15 is 0 Å². The molecule has 0 aliphatic heterocycles. The Morgan fingerprint density at radius 2 is 2.00 bits per heavy atom. The Balaban J connectivity index is 1.26. The van der Waals surface area contributed by atoms with E-state index in [4.69, 9.17) is 4.42 Å². The van der Waals surface area contributed by atoms with E-state index in [0.29, 0.717) is 11.5 Å². The molecule has 0 atom stereocenters. The number of hydrogen-bond donors (Lipinski definition) is 1. The van der Waals surface area contributed by atoms with Gasteiger partial charge in [0.05, 0.1) is 5.75 Å². The monoisotopic (exact) mass is 401 g/mol. The van der Waals surface area contributed by atoms with Crippen molar-refractivity contribution in [2.45, 2.75) is 17.3 Å². The van der Waals surface area contributed by atoms with Crippen LogP contribution in [0.1, 0.15) is 27.4 Å². The van der Waals surface area contributed by atoms with Gasteiger partial charge in [0.2, 0.25) is 0 Å². The lowest BCUT2D eigenvalue weighted by atomic mass is 10.1. The van der Waals surface area contributed by atoms with Gasteiger partial charge in [0, 0.05) is 25.1 Å². The van der Waals surface area contributed by atoms with Crippen molar-refractivity contribution < 1.29 is 9.21 Å². The number of rotatable bonds is 5. The Bertz CT molecular complexity index is 1210. The summed E-state index contributed by atoms with van der Waals surface area (Å²) in [5.74, 6) is 1.43. The summed E-state index contributed by atoms with van der Waals surface area (Å²) in [6, 6.07) is 18.0. The number of aryl methyl sites for hydroxylation is 1. The Morgan fingerprint density at radius 1 is 1.14 bits per heavy atom. The largest absolute Gasteiger partial charge is 0.455 e. The minimum absolute atomic E-state index is 0.242. The predicted molar refractivity (Wildman–Crippen MR) is 114 cm³/mol. The average Bonchev–Trinajstić information content (AvgIpc) is 3.44. The van der Waals surface area contributed by atoms with Crippen LogP contribution < -0.4 is 5.32 Å². The molecule has 0 unspecified atom stereocenters. The van der Waals surface area contributed by atoms with Gasteiger partial charge in [-0.3, -0.25) is 4.79 Å². The molecule has 4 aromatic rings. The van der Waals surface area contributed by atoms with Gasteiger partial charge in [-0.05, 0) is 52.9 Å². The highest BCUT2D eigenvalue weighted by molar-refractivity contribution is 7.98. The number of amides is 1. The average molecular weight is 401 g/mol. The lowest BCUT2D eigenvalue weighted by Gasteiger charge is -2.06. The third-order valence-electron chi connectivity index (χ3n) is 5.06. The summed E-state index contributed by atoms with van der Waals surface area (Å²) in [7, 11) is 1.95. The molecule has 0 radical (unpaired) electrons. The Labute approximate surface area is 172 Å². The van der Waals surface area contributed by atoms with Gasteiger partial charge in [0.15, 0.2) is 10.9 Å². The number of carbonyl (C=O) groups is 1. The van der Waals surface area contributed by atoms with Crippen molar-refractivity contribution in [3.63, 3.8) is 0 Å². The molecule has 1 aliphatic carbocycles. The first-order chi connectivity index (χ1) is 14.2. The van der Waals surface area contributed by atoms with Crippen LogP contribution in [0.25, 0.3) is 11.1 Å². The third-order valence-corrected chi connectivity index (χ3v) is 6.14. The lowest BCUT2D eigenvalue weighted by Crippen LogP contribution is -2.11. The molecule has 0 fully saturated rings. The highest BCUT2D eigenvalue weighted by Crippen LogP contribution is 2.37. The number of fused-ring (bicyclic) bond motifs is 3. The summed E-state index contributed by atoms with van der Waals surface area (Å²) < 4.78 is 7.68. The van der Waals surface area contributed by atoms with Crippen LogP contribution in [0.4, 0.5) is 5.69 Å². The number of benzene rings is 2. The number of aromatic nitrogens is 2. The molecule has 1 amide bonds. The van der Waals surface area contributed by atoms with Gasteiger partial charge in [-0.1, -0.05) is 42.1 Å². The van der Waals surface area contributed by atoms with E-state index in [1.54, 1.807) is 24.0 Å². The number of imidazole rings is 1. The molecule has 29 heavy (non-hydrogen) atoms. The molecule has 2 aromatic heterocycles. The van der Waals surface area contributed by atoms with Crippen LogP contribution in [0, 0.1) is 0 Å². The first kappa shape index (κ1) is 17.8. The van der Waals surface area contributed by atoms with E-state index in [0.717, 1.165) is 23.0 Å². The van der Waals surface area contributed by atoms with Crippen LogP contribution in [0.2, 0.25) is 0 Å². The van der Waals surface area contributed by atoms with Crippen LogP contribution in [0.15, 0.2) is 76.6 Å². The Kier molecular flexibility index (Phi) is 4.48. The molecule has 1 aliphatic rings. The normalized spacial score (nSPS) is 11.9. The molecule has 6 heteroatoms. The van der Waals surface area contributed by atoms with Crippen LogP contribution in [0.3, 0.4) is 0 Å². The van der Waals surface area contributed by atoms with Gasteiger partial charge < -0.3 is 14.3 Å². The van der Waals surface area contributed by atoms with E-state index in [-0.39, 0.29) is 5.91 Å². The maximum Gasteiger partial charge on any atom is 0.291 e. The van der Waals surface area contributed by atoms with Gasteiger partial charge in [-0.15, -0.1) is 0 Å². The van der Waals surface area contributed by atoms with Crippen molar-refractivity contribution in [1.82, 2.24) is 9.55 Å². The fourth-order valence-electron chi connectivity index (χ4n) is 3.62. The quantitative estimate of drug-likeness (QED) is 0.415.